The molecular weight excluding hydrogens is 492 g/mol. The molecule has 0 spiro atoms. The number of pyridine rings is 2. The van der Waals surface area contributed by atoms with Gasteiger partial charge in [-0.05, 0) is 61.2 Å². The number of alkyl halides is 3. The van der Waals surface area contributed by atoms with Crippen molar-refractivity contribution < 1.29 is 17.6 Å². The summed E-state index contributed by atoms with van der Waals surface area (Å²) in [6, 6.07) is 8.09. The van der Waals surface area contributed by atoms with Gasteiger partial charge in [-0.3, -0.25) is 9.78 Å². The maximum atomic E-state index is 14.8. The molecule has 5 rings (SSSR count). The van der Waals surface area contributed by atoms with Gasteiger partial charge in [0.05, 0.1) is 15.1 Å². The van der Waals surface area contributed by atoms with E-state index in [-0.39, 0.29) is 27.3 Å². The monoisotopic (exact) mass is 504 g/mol. The lowest BCUT2D eigenvalue weighted by atomic mass is 10.1. The topological polar surface area (TPSA) is 60.7 Å². The van der Waals surface area contributed by atoms with Crippen molar-refractivity contribution in [3.05, 3.63) is 80.6 Å². The normalized spacial score (nSPS) is 12.1. The van der Waals surface area contributed by atoms with Crippen LogP contribution in [-0.2, 0) is 6.18 Å². The molecular formula is C23H13ClF4N4OS. The van der Waals surface area contributed by atoms with Crippen molar-refractivity contribution in [3.8, 4) is 16.3 Å². The zero-order valence-corrected chi connectivity index (χ0v) is 19.1. The molecule has 0 aliphatic rings. The predicted octanol–water partition coefficient (Wildman–Crippen LogP) is 6.49. The van der Waals surface area contributed by atoms with Crippen LogP contribution < -0.4 is 5.43 Å². The lowest BCUT2D eigenvalue weighted by molar-refractivity contribution is -0.141. The van der Waals surface area contributed by atoms with Crippen molar-refractivity contribution in [2.75, 3.05) is 0 Å². The van der Waals surface area contributed by atoms with Gasteiger partial charge in [-0.25, -0.2) is 14.1 Å². The molecule has 1 aromatic carbocycles. The minimum Gasteiger partial charge on any atom is -0.285 e. The summed E-state index contributed by atoms with van der Waals surface area (Å²) in [6.07, 6.45) is -3.49. The van der Waals surface area contributed by atoms with Gasteiger partial charge >= 0.3 is 6.18 Å². The lowest BCUT2D eigenvalue weighted by Gasteiger charge is -2.13. The molecule has 5 nitrogen and oxygen atoms in total. The van der Waals surface area contributed by atoms with E-state index in [2.05, 4.69) is 15.1 Å². The van der Waals surface area contributed by atoms with E-state index in [1.807, 2.05) is 0 Å². The van der Waals surface area contributed by atoms with E-state index in [9.17, 15) is 22.4 Å². The molecule has 11 heteroatoms. The zero-order valence-electron chi connectivity index (χ0n) is 17.5. The number of hydrogen-bond donors (Lipinski definition) is 0. The molecule has 0 bridgehead atoms. The van der Waals surface area contributed by atoms with Crippen LogP contribution in [0.2, 0.25) is 5.02 Å². The van der Waals surface area contributed by atoms with Crippen molar-refractivity contribution in [2.45, 2.75) is 20.0 Å². The highest BCUT2D eigenvalue weighted by molar-refractivity contribution is 7.22. The van der Waals surface area contributed by atoms with Gasteiger partial charge in [-0.15, -0.1) is 11.3 Å². The van der Waals surface area contributed by atoms with Gasteiger partial charge in [0, 0.05) is 16.9 Å². The molecule has 0 saturated heterocycles. The molecule has 5 aromatic rings. The van der Waals surface area contributed by atoms with E-state index in [0.717, 1.165) is 35.2 Å². The predicted molar refractivity (Wildman–Crippen MR) is 123 cm³/mol. The fraction of sp³-hybridized carbons (Fsp3) is 0.130. The van der Waals surface area contributed by atoms with E-state index in [4.69, 9.17) is 11.6 Å². The van der Waals surface area contributed by atoms with E-state index >= 15 is 0 Å². The van der Waals surface area contributed by atoms with Crippen molar-refractivity contribution in [2.24, 2.45) is 0 Å². The highest BCUT2D eigenvalue weighted by atomic mass is 35.5. The van der Waals surface area contributed by atoms with Crippen LogP contribution in [0, 0.1) is 19.7 Å². The van der Waals surface area contributed by atoms with Crippen LogP contribution in [0.15, 0.2) is 47.4 Å². The number of aromatic nitrogens is 4. The maximum Gasteiger partial charge on any atom is 0.433 e. The Bertz CT molecular complexity index is 1680. The third-order valence-electron chi connectivity index (χ3n) is 5.37. The molecule has 172 valence electrons. The molecule has 0 atom stereocenters. The van der Waals surface area contributed by atoms with Gasteiger partial charge < -0.3 is 0 Å². The fourth-order valence-electron chi connectivity index (χ4n) is 3.55. The smallest absolute Gasteiger partial charge is 0.285 e. The van der Waals surface area contributed by atoms with Gasteiger partial charge in [-0.2, -0.15) is 18.3 Å². The number of nitrogens with zero attached hydrogens (tertiary/aromatic N) is 4. The van der Waals surface area contributed by atoms with Crippen LogP contribution in [0.3, 0.4) is 0 Å². The summed E-state index contributed by atoms with van der Waals surface area (Å²) in [5, 5.41) is 4.87. The second-order valence-corrected chi connectivity index (χ2v) is 9.18. The van der Waals surface area contributed by atoms with E-state index in [1.165, 1.54) is 22.9 Å². The van der Waals surface area contributed by atoms with Crippen LogP contribution in [-0.4, -0.2) is 19.7 Å². The van der Waals surface area contributed by atoms with Crippen molar-refractivity contribution in [3.63, 3.8) is 0 Å². The fourth-order valence-corrected chi connectivity index (χ4v) is 4.70. The number of aryl methyl sites for hydroxylation is 2. The zero-order chi connectivity index (χ0) is 24.4. The SMILES string of the molecule is Cc1cc2c(nc1C)c(=O)c(-c1cc3cc(C(F)(F)F)ncc3s1)nn2-c1ccc(Cl)cc1F. The Kier molecular flexibility index (Phi) is 5.18. The molecule has 0 aliphatic heterocycles. The summed E-state index contributed by atoms with van der Waals surface area (Å²) < 4.78 is 55.8. The molecule has 0 saturated carbocycles. The Hall–Kier alpha value is -3.37. The van der Waals surface area contributed by atoms with Crippen LogP contribution >= 0.6 is 22.9 Å². The highest BCUT2D eigenvalue weighted by Crippen LogP contribution is 2.35. The Labute approximate surface area is 198 Å². The van der Waals surface area contributed by atoms with Gasteiger partial charge in [0.15, 0.2) is 5.69 Å². The molecule has 0 unspecified atom stereocenters. The first-order valence-electron chi connectivity index (χ1n) is 9.87. The number of fused-ring (bicyclic) bond motifs is 2. The van der Waals surface area contributed by atoms with Crippen molar-refractivity contribution in [1.82, 2.24) is 19.7 Å². The van der Waals surface area contributed by atoms with Crippen LogP contribution in [0.4, 0.5) is 17.6 Å². The Morgan fingerprint density at radius 1 is 1.09 bits per heavy atom. The number of hydrogen-bond acceptors (Lipinski definition) is 5. The van der Waals surface area contributed by atoms with Gasteiger partial charge in [0.1, 0.15) is 22.7 Å². The molecule has 4 heterocycles. The van der Waals surface area contributed by atoms with Gasteiger partial charge in [0.2, 0.25) is 5.43 Å². The standard InChI is InChI=1S/C23H13ClF4N4OS/c1-10-5-16-20(30-11(10)2)22(33)21(31-32(16)15-4-3-13(24)8-14(15)25)17-6-12-7-19(23(26,27)28)29-9-18(12)34-17/h3-9H,1-2H3. The second kappa shape index (κ2) is 7.85. The molecule has 0 amide bonds. The Morgan fingerprint density at radius 3 is 2.56 bits per heavy atom. The summed E-state index contributed by atoms with van der Waals surface area (Å²) in [4.78, 5) is 21.6. The van der Waals surface area contributed by atoms with Crippen molar-refractivity contribution >= 4 is 44.1 Å². The first-order chi connectivity index (χ1) is 16.0. The Balaban J connectivity index is 1.82. The molecule has 0 N–H and O–H groups in total. The number of halogens is 5. The van der Waals surface area contributed by atoms with Crippen LogP contribution in [0.25, 0.3) is 37.4 Å². The van der Waals surface area contributed by atoms with E-state index < -0.39 is 23.1 Å². The lowest BCUT2D eigenvalue weighted by Crippen LogP contribution is -2.17. The highest BCUT2D eigenvalue weighted by Gasteiger charge is 2.32. The number of rotatable bonds is 2. The summed E-state index contributed by atoms with van der Waals surface area (Å²) in [7, 11) is 0. The second-order valence-electron chi connectivity index (χ2n) is 7.66. The van der Waals surface area contributed by atoms with Gasteiger partial charge in [-0.1, -0.05) is 11.6 Å². The Morgan fingerprint density at radius 2 is 1.85 bits per heavy atom. The minimum atomic E-state index is -4.60. The average molecular weight is 505 g/mol. The first kappa shape index (κ1) is 22.4. The summed E-state index contributed by atoms with van der Waals surface area (Å²) in [6.45, 7) is 3.55. The third kappa shape index (κ3) is 3.72. The maximum absolute atomic E-state index is 14.8. The summed E-state index contributed by atoms with van der Waals surface area (Å²) >= 11 is 6.96. The van der Waals surface area contributed by atoms with Crippen LogP contribution in [0.5, 0.6) is 0 Å². The number of benzene rings is 1. The summed E-state index contributed by atoms with van der Waals surface area (Å²) in [5.41, 5.74) is 0.172. The van der Waals surface area contributed by atoms with Gasteiger partial charge in [0.25, 0.3) is 0 Å². The largest absolute Gasteiger partial charge is 0.433 e. The number of thiophene rings is 1. The molecule has 0 radical (unpaired) electrons. The van der Waals surface area contributed by atoms with E-state index in [0.29, 0.717) is 20.8 Å². The molecule has 4 aromatic heterocycles. The summed E-state index contributed by atoms with van der Waals surface area (Å²) in [5.74, 6) is -0.663. The molecule has 0 aliphatic carbocycles. The quantitative estimate of drug-likeness (QED) is 0.258. The average Bonchev–Trinajstić information content (AvgIpc) is 3.18. The minimum absolute atomic E-state index is 0.0443. The van der Waals surface area contributed by atoms with Crippen molar-refractivity contribution in [1.29, 1.82) is 0 Å². The molecule has 0 fully saturated rings. The third-order valence-corrected chi connectivity index (χ3v) is 6.70. The van der Waals surface area contributed by atoms with Crippen LogP contribution in [0.1, 0.15) is 17.0 Å². The first-order valence-corrected chi connectivity index (χ1v) is 11.1. The molecule has 34 heavy (non-hydrogen) atoms. The van der Waals surface area contributed by atoms with E-state index in [1.54, 1.807) is 19.9 Å².